The number of hydrogen-bond acceptors (Lipinski definition) is 7. The van der Waals surface area contributed by atoms with Crippen molar-refractivity contribution in [3.8, 4) is 16.9 Å². The van der Waals surface area contributed by atoms with Crippen molar-refractivity contribution in [1.82, 2.24) is 14.7 Å². The highest BCUT2D eigenvalue weighted by Gasteiger charge is 2.56. The van der Waals surface area contributed by atoms with Crippen LogP contribution in [-0.2, 0) is 12.3 Å². The van der Waals surface area contributed by atoms with Gasteiger partial charge in [0, 0.05) is 17.8 Å². The normalized spacial score (nSPS) is 12.4. The maximum Gasteiger partial charge on any atom is 0.448 e. The number of rotatable bonds is 5. The summed E-state index contributed by atoms with van der Waals surface area (Å²) in [5.41, 5.74) is -0.335. The third kappa shape index (κ3) is 3.82. The van der Waals surface area contributed by atoms with Crippen LogP contribution in [0.1, 0.15) is 22.7 Å². The minimum absolute atomic E-state index is 0.137. The number of nitrogens with zero attached hydrogens (tertiary/aromatic N) is 3. The molecule has 4 rings (SSSR count). The number of alkyl halides is 3. The van der Waals surface area contributed by atoms with Crippen LogP contribution < -0.4 is 10.3 Å². The fraction of sp³-hybridized carbons (Fsp3) is 0.261. The Kier molecular flexibility index (Phi) is 5.70. The van der Waals surface area contributed by atoms with Crippen LogP contribution in [0.2, 0.25) is 0 Å². The molecule has 0 fully saturated rings. The number of pyridine rings is 2. The van der Waals surface area contributed by atoms with E-state index in [1.807, 2.05) is 0 Å². The van der Waals surface area contributed by atoms with Crippen LogP contribution >= 0.6 is 0 Å². The molecular formula is C23H20F3N3O5. The second kappa shape index (κ2) is 8.26. The molecule has 4 aromatic rings. The van der Waals surface area contributed by atoms with Gasteiger partial charge in [-0.25, -0.2) is 0 Å². The molecule has 8 nitrogen and oxygen atoms in total. The summed E-state index contributed by atoms with van der Waals surface area (Å²) in [4.78, 5) is 17.3. The van der Waals surface area contributed by atoms with Crippen molar-refractivity contribution in [1.29, 1.82) is 0 Å². The third-order valence-corrected chi connectivity index (χ3v) is 5.53. The number of halogens is 3. The molecule has 0 amide bonds. The highest BCUT2D eigenvalue weighted by Crippen LogP contribution is 2.40. The van der Waals surface area contributed by atoms with Crippen LogP contribution in [0.4, 0.5) is 13.2 Å². The first kappa shape index (κ1) is 23.5. The van der Waals surface area contributed by atoms with Gasteiger partial charge in [0.1, 0.15) is 11.5 Å². The van der Waals surface area contributed by atoms with Gasteiger partial charge in [-0.15, -0.1) is 0 Å². The van der Waals surface area contributed by atoms with E-state index in [0.29, 0.717) is 34.0 Å². The topological polar surface area (TPSA) is 111 Å². The lowest BCUT2D eigenvalue weighted by molar-refractivity contribution is -0.358. The number of methoxy groups -OCH3 is 1. The van der Waals surface area contributed by atoms with Gasteiger partial charge < -0.3 is 24.0 Å². The van der Waals surface area contributed by atoms with Crippen LogP contribution in [0, 0.1) is 13.8 Å². The molecule has 1 aromatic carbocycles. The minimum Gasteiger partial charge on any atom is -0.496 e. The molecule has 0 bridgehead atoms. The van der Waals surface area contributed by atoms with E-state index in [4.69, 9.17) is 9.26 Å². The molecule has 0 unspecified atom stereocenters. The van der Waals surface area contributed by atoms with E-state index in [1.54, 1.807) is 32.0 Å². The van der Waals surface area contributed by atoms with Crippen LogP contribution in [0.25, 0.3) is 22.0 Å². The van der Waals surface area contributed by atoms with Crippen molar-refractivity contribution in [2.45, 2.75) is 32.4 Å². The number of hydrogen-bond donors (Lipinski definition) is 2. The van der Waals surface area contributed by atoms with E-state index in [0.717, 1.165) is 10.6 Å². The third-order valence-electron chi connectivity index (χ3n) is 5.53. The first-order chi connectivity index (χ1) is 16.0. The maximum absolute atomic E-state index is 13.5. The van der Waals surface area contributed by atoms with Crippen LogP contribution in [0.5, 0.6) is 5.75 Å². The number of ether oxygens (including phenoxy) is 1. The van der Waals surface area contributed by atoms with E-state index < -0.39 is 23.1 Å². The molecule has 3 heterocycles. The Morgan fingerprint density at radius 2 is 1.88 bits per heavy atom. The first-order valence-electron chi connectivity index (χ1n) is 10.1. The molecule has 0 aliphatic heterocycles. The molecule has 0 radical (unpaired) electrons. The van der Waals surface area contributed by atoms with E-state index >= 15 is 0 Å². The van der Waals surface area contributed by atoms with Crippen molar-refractivity contribution < 1.29 is 32.6 Å². The van der Waals surface area contributed by atoms with Gasteiger partial charge in [-0.2, -0.15) is 13.2 Å². The molecule has 0 saturated heterocycles. The average molecular weight is 475 g/mol. The van der Waals surface area contributed by atoms with Crippen LogP contribution in [-0.4, -0.2) is 38.2 Å². The Morgan fingerprint density at radius 3 is 2.44 bits per heavy atom. The van der Waals surface area contributed by atoms with Crippen molar-refractivity contribution in [3.63, 3.8) is 0 Å². The number of aryl methyl sites for hydroxylation is 2. The largest absolute Gasteiger partial charge is 0.496 e. The summed E-state index contributed by atoms with van der Waals surface area (Å²) in [5, 5.41) is 23.9. The minimum atomic E-state index is -5.51. The summed E-state index contributed by atoms with van der Waals surface area (Å²) in [5.74, 6) is -3.60. The summed E-state index contributed by atoms with van der Waals surface area (Å²) >= 11 is 0. The molecule has 178 valence electrons. The second-order valence-corrected chi connectivity index (χ2v) is 7.75. The quantitative estimate of drug-likeness (QED) is 0.426. The van der Waals surface area contributed by atoms with E-state index in [1.165, 1.54) is 25.4 Å². The van der Waals surface area contributed by atoms with Gasteiger partial charge >= 0.3 is 6.18 Å². The molecule has 0 atom stereocenters. The summed E-state index contributed by atoms with van der Waals surface area (Å²) in [6.45, 7) is 3.15. The van der Waals surface area contributed by atoms with Crippen molar-refractivity contribution in [3.05, 3.63) is 75.7 Å². The lowest BCUT2D eigenvalue weighted by Crippen LogP contribution is -2.47. The molecule has 0 aliphatic carbocycles. The van der Waals surface area contributed by atoms with Crippen molar-refractivity contribution >= 4 is 10.9 Å². The predicted octanol–water partition coefficient (Wildman–Crippen LogP) is 3.42. The summed E-state index contributed by atoms with van der Waals surface area (Å²) in [6, 6.07) is 8.71. The first-order valence-corrected chi connectivity index (χ1v) is 10.1. The standard InChI is InChI=1S/C23H20F3N3O5/c1-12-20(13(2)34-28-12)16-8-14-9-17(22(31,32)23(24,25)26)21(30)29(18(14)10-19(16)33-3)11-15-6-4-5-7-27-15/h4-10,31-32H,11H2,1-3H3. The van der Waals surface area contributed by atoms with Crippen molar-refractivity contribution in [2.75, 3.05) is 7.11 Å². The fourth-order valence-corrected chi connectivity index (χ4v) is 3.85. The lowest BCUT2D eigenvalue weighted by atomic mass is 9.98. The summed E-state index contributed by atoms with van der Waals surface area (Å²) in [6.07, 6.45) is -4.04. The second-order valence-electron chi connectivity index (χ2n) is 7.75. The Balaban J connectivity index is 2.09. The van der Waals surface area contributed by atoms with E-state index in [-0.39, 0.29) is 17.4 Å². The van der Waals surface area contributed by atoms with Gasteiger partial charge in [0.15, 0.2) is 0 Å². The zero-order chi connectivity index (χ0) is 24.8. The van der Waals surface area contributed by atoms with Crippen LogP contribution in [0.3, 0.4) is 0 Å². The molecule has 0 saturated carbocycles. The Morgan fingerprint density at radius 1 is 1.15 bits per heavy atom. The zero-order valence-electron chi connectivity index (χ0n) is 18.3. The van der Waals surface area contributed by atoms with Crippen molar-refractivity contribution in [2.24, 2.45) is 0 Å². The number of aromatic nitrogens is 3. The molecule has 11 heteroatoms. The van der Waals surface area contributed by atoms with Gasteiger partial charge in [0.05, 0.1) is 41.7 Å². The summed E-state index contributed by atoms with van der Waals surface area (Å²) in [7, 11) is 1.41. The monoisotopic (exact) mass is 475 g/mol. The Labute approximate surface area is 190 Å². The van der Waals surface area contributed by atoms with E-state index in [9.17, 15) is 28.2 Å². The van der Waals surface area contributed by atoms with Gasteiger partial charge in [-0.1, -0.05) is 11.2 Å². The number of benzene rings is 1. The SMILES string of the molecule is COc1cc2c(cc1-c1c(C)noc1C)cc(C(O)(O)C(F)(F)F)c(=O)n2Cc1ccccn1. The van der Waals surface area contributed by atoms with Gasteiger partial charge in [-0.05, 0) is 43.5 Å². The number of fused-ring (bicyclic) bond motifs is 1. The molecular weight excluding hydrogens is 455 g/mol. The predicted molar refractivity (Wildman–Crippen MR) is 115 cm³/mol. The van der Waals surface area contributed by atoms with E-state index in [2.05, 4.69) is 10.1 Å². The summed E-state index contributed by atoms with van der Waals surface area (Å²) < 4.78 is 52.2. The Bertz CT molecular complexity index is 1410. The number of aliphatic hydroxyl groups is 2. The maximum atomic E-state index is 13.5. The molecule has 0 aliphatic rings. The Hall–Kier alpha value is -3.70. The highest BCUT2D eigenvalue weighted by atomic mass is 19.4. The van der Waals surface area contributed by atoms with Gasteiger partial charge in [0.25, 0.3) is 11.3 Å². The molecule has 3 aromatic heterocycles. The average Bonchev–Trinajstić information content (AvgIpc) is 3.12. The van der Waals surface area contributed by atoms with Crippen LogP contribution in [0.15, 0.2) is 51.9 Å². The highest BCUT2D eigenvalue weighted by molar-refractivity contribution is 5.90. The molecule has 0 spiro atoms. The smallest absolute Gasteiger partial charge is 0.448 e. The fourth-order valence-electron chi connectivity index (χ4n) is 3.85. The molecule has 34 heavy (non-hydrogen) atoms. The molecule has 2 N–H and O–H groups in total. The lowest BCUT2D eigenvalue weighted by Gasteiger charge is -2.25. The van der Waals surface area contributed by atoms with Gasteiger partial charge in [-0.3, -0.25) is 9.78 Å². The zero-order valence-corrected chi connectivity index (χ0v) is 18.3. The van der Waals surface area contributed by atoms with Gasteiger partial charge in [0.2, 0.25) is 0 Å².